The summed E-state index contributed by atoms with van der Waals surface area (Å²) in [5, 5.41) is 0. The summed E-state index contributed by atoms with van der Waals surface area (Å²) in [4.78, 5) is 13.9. The first-order chi connectivity index (χ1) is 8.22. The van der Waals surface area contributed by atoms with Crippen molar-refractivity contribution in [1.29, 1.82) is 0 Å². The van der Waals surface area contributed by atoms with Crippen molar-refractivity contribution >= 4 is 11.6 Å². The molecule has 0 saturated carbocycles. The number of amides is 1. The maximum Gasteiger partial charge on any atom is 0.252 e. The summed E-state index contributed by atoms with van der Waals surface area (Å²) in [7, 11) is 0. The summed E-state index contributed by atoms with van der Waals surface area (Å²) in [6.45, 7) is 5.63. The number of carbonyl (C=O) groups is 1. The number of para-hydroxylation sites is 1. The molecule has 2 rings (SSSR count). The lowest BCUT2D eigenvalue weighted by atomic mass is 9.94. The number of hydrogen-bond donors (Lipinski definition) is 0. The van der Waals surface area contributed by atoms with Crippen LogP contribution in [0.25, 0.3) is 0 Å². The van der Waals surface area contributed by atoms with Crippen molar-refractivity contribution in [3.63, 3.8) is 0 Å². The van der Waals surface area contributed by atoms with Gasteiger partial charge in [-0.3, -0.25) is 4.79 Å². The molecule has 0 spiro atoms. The van der Waals surface area contributed by atoms with Crippen LogP contribution in [-0.4, -0.2) is 25.7 Å². The molecule has 3 heteroatoms. The van der Waals surface area contributed by atoms with E-state index in [-0.39, 0.29) is 12.5 Å². The van der Waals surface area contributed by atoms with Crippen LogP contribution in [0, 0.1) is 5.92 Å². The van der Waals surface area contributed by atoms with E-state index in [0.717, 1.165) is 18.7 Å². The molecule has 0 aliphatic carbocycles. The highest BCUT2D eigenvalue weighted by molar-refractivity contribution is 5.95. The fraction of sp³-hybridized carbons (Fsp3) is 0.500. The molecule has 1 atom stereocenters. The number of ether oxygens (including phenoxy) is 1. The second-order valence-corrected chi connectivity index (χ2v) is 4.58. The Hall–Kier alpha value is -1.35. The van der Waals surface area contributed by atoms with Gasteiger partial charge in [0, 0.05) is 18.8 Å². The lowest BCUT2D eigenvalue weighted by Gasteiger charge is -2.33. The molecule has 1 aromatic carbocycles. The van der Waals surface area contributed by atoms with Crippen molar-refractivity contribution in [1.82, 2.24) is 0 Å². The van der Waals surface area contributed by atoms with Gasteiger partial charge in [0.1, 0.15) is 6.61 Å². The van der Waals surface area contributed by atoms with Gasteiger partial charge in [-0.15, -0.1) is 0 Å². The Balaban J connectivity index is 2.20. The van der Waals surface area contributed by atoms with Gasteiger partial charge in [0.05, 0.1) is 0 Å². The van der Waals surface area contributed by atoms with Gasteiger partial charge in [0.15, 0.2) is 0 Å². The van der Waals surface area contributed by atoms with Gasteiger partial charge in [-0.25, -0.2) is 0 Å². The van der Waals surface area contributed by atoms with Crippen LogP contribution in [0.2, 0.25) is 0 Å². The van der Waals surface area contributed by atoms with E-state index in [1.807, 2.05) is 30.0 Å². The summed E-state index contributed by atoms with van der Waals surface area (Å²) >= 11 is 0. The Morgan fingerprint density at radius 3 is 3.00 bits per heavy atom. The normalized spacial score (nSPS) is 18.9. The molecule has 1 unspecified atom stereocenters. The third-order valence-electron chi connectivity index (χ3n) is 3.08. The van der Waals surface area contributed by atoms with Gasteiger partial charge in [0.2, 0.25) is 0 Å². The topological polar surface area (TPSA) is 29.5 Å². The van der Waals surface area contributed by atoms with E-state index in [1.54, 1.807) is 0 Å². The number of anilines is 1. The van der Waals surface area contributed by atoms with Crippen molar-refractivity contribution < 1.29 is 9.53 Å². The molecule has 0 fully saturated rings. The minimum atomic E-state index is 0.0610. The molecule has 0 saturated heterocycles. The molecule has 1 aliphatic rings. The molecule has 1 aliphatic heterocycles. The first-order valence-corrected chi connectivity index (χ1v) is 6.18. The molecular weight excluding hydrogens is 214 g/mol. The minimum Gasteiger partial charge on any atom is -0.372 e. The van der Waals surface area contributed by atoms with E-state index in [2.05, 4.69) is 13.0 Å². The van der Waals surface area contributed by atoms with Crippen molar-refractivity contribution in [3.8, 4) is 0 Å². The van der Waals surface area contributed by atoms with E-state index in [4.69, 9.17) is 4.74 Å². The van der Waals surface area contributed by atoms with Crippen LogP contribution in [0.15, 0.2) is 24.3 Å². The quantitative estimate of drug-likeness (QED) is 0.801. The molecule has 1 aromatic rings. The standard InChI is InChI=1S/C14H19NO2/c1-3-17-10-14(16)15-9-11(2)8-12-6-4-5-7-13(12)15/h4-7,11H,3,8-10H2,1-2H3. The second kappa shape index (κ2) is 5.32. The summed E-state index contributed by atoms with van der Waals surface area (Å²) in [6, 6.07) is 8.13. The second-order valence-electron chi connectivity index (χ2n) is 4.58. The largest absolute Gasteiger partial charge is 0.372 e. The first-order valence-electron chi connectivity index (χ1n) is 6.18. The molecule has 3 nitrogen and oxygen atoms in total. The van der Waals surface area contributed by atoms with Crippen LogP contribution in [-0.2, 0) is 16.0 Å². The van der Waals surface area contributed by atoms with Crippen molar-refractivity contribution in [3.05, 3.63) is 29.8 Å². The summed E-state index contributed by atoms with van der Waals surface area (Å²) < 4.78 is 5.21. The summed E-state index contributed by atoms with van der Waals surface area (Å²) in [6.07, 6.45) is 1.05. The summed E-state index contributed by atoms with van der Waals surface area (Å²) in [5.74, 6) is 0.571. The lowest BCUT2D eigenvalue weighted by Crippen LogP contribution is -2.41. The average molecular weight is 233 g/mol. The molecular formula is C14H19NO2. The Kier molecular flexibility index (Phi) is 3.79. The van der Waals surface area contributed by atoms with E-state index >= 15 is 0 Å². The Labute approximate surface area is 102 Å². The Morgan fingerprint density at radius 1 is 1.47 bits per heavy atom. The average Bonchev–Trinajstić information content (AvgIpc) is 2.34. The third kappa shape index (κ3) is 2.67. The molecule has 1 amide bonds. The van der Waals surface area contributed by atoms with Gasteiger partial charge < -0.3 is 9.64 Å². The van der Waals surface area contributed by atoms with Crippen LogP contribution in [0.1, 0.15) is 19.4 Å². The maximum atomic E-state index is 12.1. The molecule has 17 heavy (non-hydrogen) atoms. The molecule has 92 valence electrons. The highest BCUT2D eigenvalue weighted by Crippen LogP contribution is 2.29. The van der Waals surface area contributed by atoms with Gasteiger partial charge >= 0.3 is 0 Å². The predicted molar refractivity (Wildman–Crippen MR) is 68.2 cm³/mol. The molecule has 1 heterocycles. The Morgan fingerprint density at radius 2 is 2.24 bits per heavy atom. The molecule has 0 radical (unpaired) electrons. The van der Waals surface area contributed by atoms with Crippen LogP contribution >= 0.6 is 0 Å². The zero-order valence-electron chi connectivity index (χ0n) is 10.5. The maximum absolute atomic E-state index is 12.1. The lowest BCUT2D eigenvalue weighted by molar-refractivity contribution is -0.123. The van der Waals surface area contributed by atoms with Crippen molar-refractivity contribution in [2.75, 3.05) is 24.7 Å². The third-order valence-corrected chi connectivity index (χ3v) is 3.08. The van der Waals surface area contributed by atoms with E-state index < -0.39 is 0 Å². The van der Waals surface area contributed by atoms with Gasteiger partial charge in [0.25, 0.3) is 5.91 Å². The number of nitrogens with zero attached hydrogens (tertiary/aromatic N) is 1. The van der Waals surface area contributed by atoms with E-state index in [0.29, 0.717) is 12.5 Å². The van der Waals surface area contributed by atoms with Crippen LogP contribution in [0.4, 0.5) is 5.69 Å². The summed E-state index contributed by atoms with van der Waals surface area (Å²) in [5.41, 5.74) is 2.31. The van der Waals surface area contributed by atoms with Crippen molar-refractivity contribution in [2.24, 2.45) is 5.92 Å². The van der Waals surface area contributed by atoms with Crippen LogP contribution in [0.3, 0.4) is 0 Å². The fourth-order valence-electron chi connectivity index (χ4n) is 2.30. The molecule has 0 bridgehead atoms. The highest BCUT2D eigenvalue weighted by Gasteiger charge is 2.25. The van der Waals surface area contributed by atoms with Crippen LogP contribution in [0.5, 0.6) is 0 Å². The Bertz CT molecular complexity index is 403. The van der Waals surface area contributed by atoms with Crippen molar-refractivity contribution in [2.45, 2.75) is 20.3 Å². The van der Waals surface area contributed by atoms with E-state index in [9.17, 15) is 4.79 Å². The number of rotatable bonds is 3. The van der Waals surface area contributed by atoms with Gasteiger partial charge in [-0.05, 0) is 30.9 Å². The fourth-order valence-corrected chi connectivity index (χ4v) is 2.30. The SMILES string of the molecule is CCOCC(=O)N1CC(C)Cc2ccccc21. The smallest absolute Gasteiger partial charge is 0.252 e. The number of fused-ring (bicyclic) bond motifs is 1. The predicted octanol–water partition coefficient (Wildman–Crippen LogP) is 2.25. The van der Waals surface area contributed by atoms with Gasteiger partial charge in [-0.1, -0.05) is 25.1 Å². The number of hydrogen-bond acceptors (Lipinski definition) is 2. The molecule has 0 N–H and O–H groups in total. The van der Waals surface area contributed by atoms with E-state index in [1.165, 1.54) is 5.56 Å². The van der Waals surface area contributed by atoms with Crippen LogP contribution < -0.4 is 4.90 Å². The van der Waals surface area contributed by atoms with Gasteiger partial charge in [-0.2, -0.15) is 0 Å². The monoisotopic (exact) mass is 233 g/mol. The highest BCUT2D eigenvalue weighted by atomic mass is 16.5. The minimum absolute atomic E-state index is 0.0610. The first kappa shape index (κ1) is 12.1. The number of benzene rings is 1. The molecule has 0 aromatic heterocycles. The zero-order chi connectivity index (χ0) is 12.3. The zero-order valence-corrected chi connectivity index (χ0v) is 10.5. The number of carbonyl (C=O) groups excluding carboxylic acids is 1.